The molecule has 0 aliphatic heterocycles. The number of rotatable bonds is 7. The third-order valence-electron chi connectivity index (χ3n) is 2.63. The molecule has 0 aromatic heterocycles. The molecule has 0 saturated carbocycles. The van der Waals surface area contributed by atoms with Gasteiger partial charge in [-0.05, 0) is 31.4 Å². The molecule has 1 amide bonds. The summed E-state index contributed by atoms with van der Waals surface area (Å²) in [5.41, 5.74) is 6.71. The van der Waals surface area contributed by atoms with Crippen molar-refractivity contribution in [2.75, 3.05) is 13.2 Å². The highest BCUT2D eigenvalue weighted by molar-refractivity contribution is 5.77. The zero-order valence-corrected chi connectivity index (χ0v) is 11.1. The van der Waals surface area contributed by atoms with Gasteiger partial charge in [0.25, 0.3) is 5.91 Å². The third kappa shape index (κ3) is 5.19. The molecule has 0 aliphatic carbocycles. The normalized spacial score (nSPS) is 11.9. The molecular weight excluding hydrogens is 228 g/mol. The molecule has 0 aliphatic rings. The van der Waals surface area contributed by atoms with Crippen LogP contribution in [0.3, 0.4) is 0 Å². The van der Waals surface area contributed by atoms with Crippen molar-refractivity contribution in [1.82, 2.24) is 5.32 Å². The van der Waals surface area contributed by atoms with E-state index < -0.39 is 0 Å². The van der Waals surface area contributed by atoms with Gasteiger partial charge in [0.15, 0.2) is 6.61 Å². The first-order valence-electron chi connectivity index (χ1n) is 6.36. The summed E-state index contributed by atoms with van der Waals surface area (Å²) >= 11 is 0. The van der Waals surface area contributed by atoms with Crippen LogP contribution in [0.1, 0.15) is 25.8 Å². The molecular formula is C14H22N2O2. The standard InChI is InChI=1S/C14H22N2O2/c1-3-12-6-4-5-7-13(12)18-10-14(17)16-9-8-11(2)15/h4-7,11H,3,8-10,15H2,1-2H3,(H,16,17). The summed E-state index contributed by atoms with van der Waals surface area (Å²) in [5, 5.41) is 2.78. The first kappa shape index (κ1) is 14.5. The fourth-order valence-corrected chi connectivity index (χ4v) is 1.57. The average molecular weight is 250 g/mol. The number of nitrogens with two attached hydrogens (primary N) is 1. The van der Waals surface area contributed by atoms with Gasteiger partial charge in [-0.15, -0.1) is 0 Å². The SMILES string of the molecule is CCc1ccccc1OCC(=O)NCCC(C)N. The van der Waals surface area contributed by atoms with Crippen molar-refractivity contribution >= 4 is 5.91 Å². The molecule has 1 atom stereocenters. The zero-order valence-electron chi connectivity index (χ0n) is 11.1. The Hall–Kier alpha value is -1.55. The highest BCUT2D eigenvalue weighted by atomic mass is 16.5. The molecule has 4 nitrogen and oxygen atoms in total. The number of ether oxygens (including phenoxy) is 1. The Labute approximate surface area is 109 Å². The van der Waals surface area contributed by atoms with Gasteiger partial charge in [0.2, 0.25) is 0 Å². The van der Waals surface area contributed by atoms with Crippen molar-refractivity contribution in [1.29, 1.82) is 0 Å². The van der Waals surface area contributed by atoms with Crippen LogP contribution in [-0.2, 0) is 11.2 Å². The molecule has 0 bridgehead atoms. The van der Waals surface area contributed by atoms with Gasteiger partial charge in [-0.25, -0.2) is 0 Å². The fraction of sp³-hybridized carbons (Fsp3) is 0.500. The predicted molar refractivity (Wildman–Crippen MR) is 72.6 cm³/mol. The fourth-order valence-electron chi connectivity index (χ4n) is 1.57. The summed E-state index contributed by atoms with van der Waals surface area (Å²) in [6.45, 7) is 4.62. The third-order valence-corrected chi connectivity index (χ3v) is 2.63. The summed E-state index contributed by atoms with van der Waals surface area (Å²) in [4.78, 5) is 11.5. The van der Waals surface area contributed by atoms with Crippen molar-refractivity contribution in [2.45, 2.75) is 32.7 Å². The number of aryl methyl sites for hydroxylation is 1. The number of hydrogen-bond donors (Lipinski definition) is 2. The second-order valence-electron chi connectivity index (χ2n) is 4.37. The highest BCUT2D eigenvalue weighted by Crippen LogP contribution is 2.17. The summed E-state index contributed by atoms with van der Waals surface area (Å²) in [6.07, 6.45) is 1.67. The van der Waals surface area contributed by atoms with E-state index in [1.807, 2.05) is 31.2 Å². The summed E-state index contributed by atoms with van der Waals surface area (Å²) in [5.74, 6) is 0.670. The molecule has 1 unspecified atom stereocenters. The minimum atomic E-state index is -0.110. The number of nitrogens with one attached hydrogen (secondary N) is 1. The molecule has 100 valence electrons. The number of carbonyl (C=O) groups is 1. The Morgan fingerprint density at radius 1 is 1.44 bits per heavy atom. The Bertz CT molecular complexity index is 378. The lowest BCUT2D eigenvalue weighted by Gasteiger charge is -2.11. The largest absolute Gasteiger partial charge is 0.483 e. The van der Waals surface area contributed by atoms with Gasteiger partial charge in [0.05, 0.1) is 0 Å². The first-order valence-corrected chi connectivity index (χ1v) is 6.36. The van der Waals surface area contributed by atoms with E-state index in [2.05, 4.69) is 12.2 Å². The van der Waals surface area contributed by atoms with Crippen LogP contribution in [0.25, 0.3) is 0 Å². The average Bonchev–Trinajstić information content (AvgIpc) is 2.36. The second kappa shape index (κ2) is 7.71. The molecule has 0 saturated heterocycles. The molecule has 3 N–H and O–H groups in total. The maximum absolute atomic E-state index is 11.5. The van der Waals surface area contributed by atoms with E-state index in [4.69, 9.17) is 10.5 Å². The van der Waals surface area contributed by atoms with Gasteiger partial charge in [0.1, 0.15) is 5.75 Å². The zero-order chi connectivity index (χ0) is 13.4. The lowest BCUT2D eigenvalue weighted by Crippen LogP contribution is -2.32. The van der Waals surface area contributed by atoms with E-state index in [1.54, 1.807) is 0 Å². The predicted octanol–water partition coefficient (Wildman–Crippen LogP) is 1.48. The van der Waals surface area contributed by atoms with Gasteiger partial charge >= 0.3 is 0 Å². The topological polar surface area (TPSA) is 64.3 Å². The molecule has 0 fully saturated rings. The first-order chi connectivity index (χ1) is 8.63. The smallest absolute Gasteiger partial charge is 0.257 e. The Kier molecular flexibility index (Phi) is 6.22. The minimum Gasteiger partial charge on any atom is -0.483 e. The van der Waals surface area contributed by atoms with Crippen LogP contribution in [0.2, 0.25) is 0 Å². The van der Waals surface area contributed by atoms with Gasteiger partial charge < -0.3 is 15.8 Å². The van der Waals surface area contributed by atoms with Crippen molar-refractivity contribution in [2.24, 2.45) is 5.73 Å². The van der Waals surface area contributed by atoms with Crippen LogP contribution in [0.5, 0.6) is 5.75 Å². The molecule has 1 aromatic carbocycles. The van der Waals surface area contributed by atoms with Gasteiger partial charge in [0, 0.05) is 12.6 Å². The Morgan fingerprint density at radius 3 is 2.83 bits per heavy atom. The second-order valence-corrected chi connectivity index (χ2v) is 4.37. The number of amides is 1. The molecule has 0 heterocycles. The molecule has 1 aromatic rings. The monoisotopic (exact) mass is 250 g/mol. The van der Waals surface area contributed by atoms with Crippen molar-refractivity contribution < 1.29 is 9.53 Å². The lowest BCUT2D eigenvalue weighted by atomic mass is 10.1. The van der Waals surface area contributed by atoms with E-state index in [0.717, 1.165) is 24.2 Å². The molecule has 18 heavy (non-hydrogen) atoms. The molecule has 0 radical (unpaired) electrons. The summed E-state index contributed by atoms with van der Waals surface area (Å²) in [7, 11) is 0. The van der Waals surface area contributed by atoms with Crippen LogP contribution in [0.4, 0.5) is 0 Å². The summed E-state index contributed by atoms with van der Waals surface area (Å²) < 4.78 is 5.50. The number of hydrogen-bond acceptors (Lipinski definition) is 3. The quantitative estimate of drug-likeness (QED) is 0.770. The molecule has 0 spiro atoms. The Balaban J connectivity index is 2.33. The summed E-state index contributed by atoms with van der Waals surface area (Å²) in [6, 6.07) is 7.86. The highest BCUT2D eigenvalue weighted by Gasteiger charge is 2.05. The molecule has 1 rings (SSSR count). The van der Waals surface area contributed by atoms with Crippen LogP contribution < -0.4 is 15.8 Å². The van der Waals surface area contributed by atoms with E-state index in [-0.39, 0.29) is 18.6 Å². The van der Waals surface area contributed by atoms with Gasteiger partial charge in [-0.3, -0.25) is 4.79 Å². The van der Waals surface area contributed by atoms with Crippen molar-refractivity contribution in [3.63, 3.8) is 0 Å². The van der Waals surface area contributed by atoms with Crippen LogP contribution in [0, 0.1) is 0 Å². The Morgan fingerprint density at radius 2 is 2.17 bits per heavy atom. The van der Waals surface area contributed by atoms with Gasteiger partial charge in [-0.2, -0.15) is 0 Å². The van der Waals surface area contributed by atoms with Crippen molar-refractivity contribution in [3.8, 4) is 5.75 Å². The maximum Gasteiger partial charge on any atom is 0.257 e. The lowest BCUT2D eigenvalue weighted by molar-refractivity contribution is -0.123. The number of para-hydroxylation sites is 1. The van der Waals surface area contributed by atoms with E-state index in [0.29, 0.717) is 6.54 Å². The number of benzene rings is 1. The van der Waals surface area contributed by atoms with Crippen molar-refractivity contribution in [3.05, 3.63) is 29.8 Å². The number of carbonyl (C=O) groups excluding carboxylic acids is 1. The van der Waals surface area contributed by atoms with E-state index >= 15 is 0 Å². The minimum absolute atomic E-state index is 0.0516. The van der Waals surface area contributed by atoms with Crippen LogP contribution >= 0.6 is 0 Å². The van der Waals surface area contributed by atoms with E-state index in [9.17, 15) is 4.79 Å². The van der Waals surface area contributed by atoms with E-state index in [1.165, 1.54) is 0 Å². The molecule has 4 heteroatoms. The van der Waals surface area contributed by atoms with Crippen LogP contribution in [-0.4, -0.2) is 25.1 Å². The van der Waals surface area contributed by atoms with Crippen LogP contribution in [0.15, 0.2) is 24.3 Å². The van der Waals surface area contributed by atoms with Gasteiger partial charge in [-0.1, -0.05) is 25.1 Å². The maximum atomic E-state index is 11.5.